The maximum atomic E-state index is 6.06. The summed E-state index contributed by atoms with van der Waals surface area (Å²) in [6.45, 7) is 6.30. The Morgan fingerprint density at radius 3 is 2.70 bits per heavy atom. The average Bonchev–Trinajstić information content (AvgIpc) is 2.87. The molecular formula is C17H25NO2. The van der Waals surface area contributed by atoms with Crippen molar-refractivity contribution in [2.24, 2.45) is 0 Å². The third-order valence-electron chi connectivity index (χ3n) is 4.93. The zero-order valence-electron chi connectivity index (χ0n) is 12.6. The highest BCUT2D eigenvalue weighted by Crippen LogP contribution is 2.37. The summed E-state index contributed by atoms with van der Waals surface area (Å²) in [6, 6.07) is 8.69. The van der Waals surface area contributed by atoms with Gasteiger partial charge in [0.25, 0.3) is 0 Å². The van der Waals surface area contributed by atoms with Crippen LogP contribution in [0.3, 0.4) is 0 Å². The molecule has 0 bridgehead atoms. The van der Waals surface area contributed by atoms with Crippen molar-refractivity contribution in [1.29, 1.82) is 0 Å². The number of likely N-dealkylation sites (tertiary alicyclic amines) is 1. The quantitative estimate of drug-likeness (QED) is 0.846. The van der Waals surface area contributed by atoms with Crippen molar-refractivity contribution in [3.05, 3.63) is 35.4 Å². The minimum absolute atomic E-state index is 0.100. The van der Waals surface area contributed by atoms with Crippen LogP contribution in [-0.4, -0.2) is 43.4 Å². The normalized spacial score (nSPS) is 26.2. The van der Waals surface area contributed by atoms with Crippen LogP contribution in [-0.2, 0) is 16.0 Å². The molecule has 0 aliphatic carbocycles. The van der Waals surface area contributed by atoms with Crippen molar-refractivity contribution >= 4 is 0 Å². The number of rotatable bonds is 3. The maximum absolute atomic E-state index is 6.06. The lowest BCUT2D eigenvalue weighted by Gasteiger charge is -2.38. The molecule has 0 aromatic heterocycles. The Bertz CT molecular complexity index is 452. The first-order valence-corrected chi connectivity index (χ1v) is 7.64. The van der Waals surface area contributed by atoms with Gasteiger partial charge in [-0.3, -0.25) is 4.90 Å². The van der Waals surface area contributed by atoms with Crippen LogP contribution in [0.25, 0.3) is 0 Å². The summed E-state index contributed by atoms with van der Waals surface area (Å²) in [5.41, 5.74) is 2.94. The Labute approximate surface area is 121 Å². The number of aryl methyl sites for hydroxylation is 1. The van der Waals surface area contributed by atoms with Crippen molar-refractivity contribution < 1.29 is 9.47 Å². The lowest BCUT2D eigenvalue weighted by Crippen LogP contribution is -2.44. The number of nitrogens with zero attached hydrogens (tertiary/aromatic N) is 1. The molecule has 0 unspecified atom stereocenters. The van der Waals surface area contributed by atoms with Gasteiger partial charge in [0.1, 0.15) is 0 Å². The van der Waals surface area contributed by atoms with Gasteiger partial charge in [-0.15, -0.1) is 0 Å². The molecule has 2 saturated heterocycles. The van der Waals surface area contributed by atoms with Gasteiger partial charge in [0.15, 0.2) is 0 Å². The van der Waals surface area contributed by atoms with Gasteiger partial charge in [0.2, 0.25) is 0 Å². The Balaban J connectivity index is 1.56. The molecule has 0 amide bonds. The zero-order chi connectivity index (χ0) is 14.0. The predicted molar refractivity (Wildman–Crippen MR) is 79.8 cm³/mol. The largest absolute Gasteiger partial charge is 0.379 e. The fourth-order valence-electron chi connectivity index (χ4n) is 3.45. The predicted octanol–water partition coefficient (Wildman–Crippen LogP) is 2.76. The molecule has 3 rings (SSSR count). The van der Waals surface area contributed by atoms with Crippen LogP contribution in [0.5, 0.6) is 0 Å². The van der Waals surface area contributed by atoms with E-state index < -0.39 is 0 Å². The number of methoxy groups -OCH3 is 1. The number of hydrogen-bond acceptors (Lipinski definition) is 3. The van der Waals surface area contributed by atoms with Crippen LogP contribution in [0.2, 0.25) is 0 Å². The molecule has 2 heterocycles. The maximum Gasteiger partial charge on any atom is 0.0832 e. The van der Waals surface area contributed by atoms with Gasteiger partial charge in [-0.2, -0.15) is 0 Å². The molecular weight excluding hydrogens is 250 g/mol. The molecule has 20 heavy (non-hydrogen) atoms. The van der Waals surface area contributed by atoms with Crippen LogP contribution in [0.1, 0.15) is 30.4 Å². The summed E-state index contributed by atoms with van der Waals surface area (Å²) < 4.78 is 11.5. The van der Waals surface area contributed by atoms with Gasteiger partial charge >= 0.3 is 0 Å². The minimum atomic E-state index is 0.100. The highest BCUT2D eigenvalue weighted by atomic mass is 16.6. The van der Waals surface area contributed by atoms with Crippen molar-refractivity contribution in [1.82, 2.24) is 4.90 Å². The molecule has 0 radical (unpaired) electrons. The topological polar surface area (TPSA) is 21.7 Å². The first-order valence-electron chi connectivity index (χ1n) is 7.64. The summed E-state index contributed by atoms with van der Waals surface area (Å²) in [6.07, 6.45) is 3.65. The molecule has 3 nitrogen and oxygen atoms in total. The molecule has 110 valence electrons. The van der Waals surface area contributed by atoms with E-state index in [0.29, 0.717) is 6.10 Å². The first kappa shape index (κ1) is 14.1. The van der Waals surface area contributed by atoms with Crippen LogP contribution in [0, 0.1) is 6.92 Å². The second-order valence-corrected chi connectivity index (χ2v) is 6.26. The van der Waals surface area contributed by atoms with Gasteiger partial charge in [-0.05, 0) is 30.9 Å². The van der Waals surface area contributed by atoms with Crippen molar-refractivity contribution in [2.45, 2.75) is 44.4 Å². The van der Waals surface area contributed by atoms with Gasteiger partial charge in [0.05, 0.1) is 18.3 Å². The molecule has 1 aromatic rings. The van der Waals surface area contributed by atoms with Crippen molar-refractivity contribution in [3.63, 3.8) is 0 Å². The molecule has 1 spiro atoms. The number of piperidine rings is 1. The van der Waals surface area contributed by atoms with E-state index in [1.54, 1.807) is 7.11 Å². The van der Waals surface area contributed by atoms with Crippen LogP contribution < -0.4 is 0 Å². The van der Waals surface area contributed by atoms with Crippen molar-refractivity contribution in [2.75, 3.05) is 26.8 Å². The third kappa shape index (κ3) is 2.90. The smallest absolute Gasteiger partial charge is 0.0832 e. The van der Waals surface area contributed by atoms with E-state index in [-0.39, 0.29) is 5.60 Å². The summed E-state index contributed by atoms with van der Waals surface area (Å²) >= 11 is 0. The lowest BCUT2D eigenvalue weighted by atomic mass is 9.87. The van der Waals surface area contributed by atoms with Crippen molar-refractivity contribution in [3.8, 4) is 0 Å². The molecule has 3 heteroatoms. The third-order valence-corrected chi connectivity index (χ3v) is 4.93. The van der Waals surface area contributed by atoms with Gasteiger partial charge < -0.3 is 9.47 Å². The summed E-state index contributed by atoms with van der Waals surface area (Å²) in [5.74, 6) is 0. The van der Waals surface area contributed by atoms with E-state index in [2.05, 4.69) is 36.1 Å². The molecule has 1 aromatic carbocycles. The van der Waals surface area contributed by atoms with E-state index in [9.17, 15) is 0 Å². The zero-order valence-corrected chi connectivity index (χ0v) is 12.6. The minimum Gasteiger partial charge on any atom is -0.379 e. The van der Waals surface area contributed by atoms with E-state index in [4.69, 9.17) is 9.47 Å². The van der Waals surface area contributed by atoms with Gasteiger partial charge in [-0.25, -0.2) is 0 Å². The van der Waals surface area contributed by atoms with E-state index in [1.807, 2.05) is 0 Å². The molecule has 1 atom stereocenters. The van der Waals surface area contributed by atoms with Gasteiger partial charge in [-0.1, -0.05) is 24.3 Å². The number of ether oxygens (including phenoxy) is 2. The monoisotopic (exact) mass is 275 g/mol. The number of benzene rings is 1. The Hall–Kier alpha value is -0.900. The number of hydrogen-bond donors (Lipinski definition) is 0. The van der Waals surface area contributed by atoms with Crippen LogP contribution >= 0.6 is 0 Å². The Morgan fingerprint density at radius 2 is 2.05 bits per heavy atom. The summed E-state index contributed by atoms with van der Waals surface area (Å²) in [5, 5.41) is 0. The van der Waals surface area contributed by atoms with Gasteiger partial charge in [0, 0.05) is 33.2 Å². The molecule has 0 N–H and O–H groups in total. The fraction of sp³-hybridized carbons (Fsp3) is 0.647. The van der Waals surface area contributed by atoms with Crippen LogP contribution in [0.15, 0.2) is 24.3 Å². The van der Waals surface area contributed by atoms with E-state index >= 15 is 0 Å². The molecule has 2 aliphatic heterocycles. The van der Waals surface area contributed by atoms with E-state index in [1.165, 1.54) is 11.1 Å². The fourth-order valence-corrected chi connectivity index (χ4v) is 3.45. The highest BCUT2D eigenvalue weighted by Gasteiger charge is 2.42. The second kappa shape index (κ2) is 5.84. The lowest BCUT2D eigenvalue weighted by molar-refractivity contribution is -0.0460. The SMILES string of the molecule is CO[C@@H]1COC2(CCN(Cc3ccccc3C)CC2)C1. The summed E-state index contributed by atoms with van der Waals surface area (Å²) in [7, 11) is 1.79. The van der Waals surface area contributed by atoms with Crippen LogP contribution in [0.4, 0.5) is 0 Å². The second-order valence-electron chi connectivity index (χ2n) is 6.26. The first-order chi connectivity index (χ1) is 9.71. The molecule has 2 aliphatic rings. The molecule has 2 fully saturated rings. The summed E-state index contributed by atoms with van der Waals surface area (Å²) in [4.78, 5) is 2.55. The Kier molecular flexibility index (Phi) is 4.11. The molecule has 0 saturated carbocycles. The standard InChI is InChI=1S/C17H25NO2/c1-14-5-3-4-6-15(14)12-18-9-7-17(8-10-18)11-16(19-2)13-20-17/h3-6,16H,7-13H2,1-2H3/t16-/m0/s1. The highest BCUT2D eigenvalue weighted by molar-refractivity contribution is 5.25. The average molecular weight is 275 g/mol. The van der Waals surface area contributed by atoms with E-state index in [0.717, 1.165) is 45.5 Å². The Morgan fingerprint density at radius 1 is 1.30 bits per heavy atom.